The molecular formula is C7H9F2NO2. The lowest BCUT2D eigenvalue weighted by molar-refractivity contribution is -0.140. The lowest BCUT2D eigenvalue weighted by Crippen LogP contribution is -2.42. The second-order valence-electron chi connectivity index (χ2n) is 3.39. The molecule has 0 unspecified atom stereocenters. The van der Waals surface area contributed by atoms with Crippen LogP contribution in [0.1, 0.15) is 12.8 Å². The van der Waals surface area contributed by atoms with E-state index in [0.29, 0.717) is 12.8 Å². The van der Waals surface area contributed by atoms with Crippen LogP contribution < -0.4 is 5.32 Å². The second-order valence-corrected chi connectivity index (χ2v) is 3.39. The third-order valence-electron chi connectivity index (χ3n) is 2.65. The van der Waals surface area contributed by atoms with E-state index in [4.69, 9.17) is 5.11 Å². The average Bonchev–Trinajstić information content (AvgIpc) is 2.55. The largest absolute Gasteiger partial charge is 0.480 e. The van der Waals surface area contributed by atoms with Crippen molar-refractivity contribution in [2.75, 3.05) is 0 Å². The minimum atomic E-state index is -2.66. The number of hydrogen-bond acceptors (Lipinski definition) is 2. The highest BCUT2D eigenvalue weighted by Gasteiger charge is 2.69. The SMILES string of the molecule is O=C(O)[C@@H]1CC[C@H]2[C@@H](N1)C2(F)F. The van der Waals surface area contributed by atoms with Gasteiger partial charge in [0.2, 0.25) is 0 Å². The minimum absolute atomic E-state index is 0.312. The van der Waals surface area contributed by atoms with Crippen molar-refractivity contribution in [2.24, 2.45) is 5.92 Å². The molecule has 3 atom stereocenters. The van der Waals surface area contributed by atoms with Gasteiger partial charge in [0, 0.05) is 5.92 Å². The van der Waals surface area contributed by atoms with Crippen LogP contribution in [0.15, 0.2) is 0 Å². The minimum Gasteiger partial charge on any atom is -0.480 e. The molecule has 5 heteroatoms. The Morgan fingerprint density at radius 3 is 2.67 bits per heavy atom. The second kappa shape index (κ2) is 2.16. The molecule has 2 N–H and O–H groups in total. The maximum Gasteiger partial charge on any atom is 0.320 e. The molecule has 0 aromatic carbocycles. The van der Waals surface area contributed by atoms with E-state index in [1.807, 2.05) is 0 Å². The molecular weight excluding hydrogens is 168 g/mol. The van der Waals surface area contributed by atoms with Crippen LogP contribution in [0.5, 0.6) is 0 Å². The molecule has 3 nitrogen and oxygen atoms in total. The van der Waals surface area contributed by atoms with Crippen molar-refractivity contribution in [1.82, 2.24) is 5.32 Å². The van der Waals surface area contributed by atoms with E-state index < -0.39 is 29.9 Å². The van der Waals surface area contributed by atoms with Crippen molar-refractivity contribution in [1.29, 1.82) is 0 Å². The maximum absolute atomic E-state index is 12.7. The van der Waals surface area contributed by atoms with E-state index >= 15 is 0 Å². The van der Waals surface area contributed by atoms with Crippen LogP contribution >= 0.6 is 0 Å². The van der Waals surface area contributed by atoms with Crippen LogP contribution in [-0.4, -0.2) is 29.1 Å². The monoisotopic (exact) mass is 177 g/mol. The van der Waals surface area contributed by atoms with E-state index in [2.05, 4.69) is 5.32 Å². The summed E-state index contributed by atoms with van der Waals surface area (Å²) in [5.41, 5.74) is 0. The Morgan fingerprint density at radius 2 is 2.17 bits per heavy atom. The molecule has 1 aliphatic carbocycles. The summed E-state index contributed by atoms with van der Waals surface area (Å²) in [6.45, 7) is 0. The Hall–Kier alpha value is -0.710. The molecule has 0 bridgehead atoms. The molecule has 2 fully saturated rings. The van der Waals surface area contributed by atoms with Gasteiger partial charge in [-0.05, 0) is 12.8 Å². The quantitative estimate of drug-likeness (QED) is 0.611. The van der Waals surface area contributed by atoms with E-state index in [1.165, 1.54) is 0 Å². The lowest BCUT2D eigenvalue weighted by atomic mass is 10.1. The standard InChI is InChI=1S/C7H9F2NO2/c8-7(9)3-1-2-4(6(11)12)10-5(3)7/h3-5,10H,1-2H2,(H,11,12)/t3-,4-,5+/m0/s1. The first kappa shape index (κ1) is 7.91. The van der Waals surface area contributed by atoms with Crippen molar-refractivity contribution >= 4 is 5.97 Å². The fraction of sp³-hybridized carbons (Fsp3) is 0.857. The van der Waals surface area contributed by atoms with E-state index in [0.717, 1.165) is 0 Å². The Morgan fingerprint density at radius 1 is 1.50 bits per heavy atom. The predicted octanol–water partition coefficient (Wildman–Crippen LogP) is 0.457. The van der Waals surface area contributed by atoms with Gasteiger partial charge in [-0.1, -0.05) is 0 Å². The summed E-state index contributed by atoms with van der Waals surface area (Å²) in [5.74, 6) is -4.31. The van der Waals surface area contributed by atoms with Gasteiger partial charge in [0.05, 0.1) is 6.04 Å². The number of hydrogen-bond donors (Lipinski definition) is 2. The van der Waals surface area contributed by atoms with Gasteiger partial charge < -0.3 is 5.11 Å². The molecule has 0 spiro atoms. The van der Waals surface area contributed by atoms with Crippen molar-refractivity contribution in [2.45, 2.75) is 30.8 Å². The lowest BCUT2D eigenvalue weighted by Gasteiger charge is -2.16. The Bertz CT molecular complexity index is 231. The summed E-state index contributed by atoms with van der Waals surface area (Å²) in [5, 5.41) is 11.0. The summed E-state index contributed by atoms with van der Waals surface area (Å²) in [7, 11) is 0. The van der Waals surface area contributed by atoms with Crippen LogP contribution in [0.2, 0.25) is 0 Å². The molecule has 0 amide bonds. The van der Waals surface area contributed by atoms with Gasteiger partial charge in [-0.2, -0.15) is 0 Å². The number of carbonyl (C=O) groups is 1. The molecule has 1 saturated heterocycles. The Balaban J connectivity index is 2.01. The number of carboxylic acid groups (broad SMARTS) is 1. The smallest absolute Gasteiger partial charge is 0.320 e. The highest BCUT2D eigenvalue weighted by molar-refractivity contribution is 5.73. The first-order chi connectivity index (χ1) is 5.53. The molecule has 2 rings (SSSR count). The molecule has 0 aromatic heterocycles. The van der Waals surface area contributed by atoms with Crippen LogP contribution in [-0.2, 0) is 4.79 Å². The third kappa shape index (κ3) is 0.924. The van der Waals surface area contributed by atoms with Crippen molar-refractivity contribution < 1.29 is 18.7 Å². The predicted molar refractivity (Wildman–Crippen MR) is 36.0 cm³/mol. The van der Waals surface area contributed by atoms with Crippen molar-refractivity contribution in [3.05, 3.63) is 0 Å². The summed E-state index contributed by atoms with van der Waals surface area (Å²) in [6, 6.07) is -1.66. The van der Waals surface area contributed by atoms with Crippen molar-refractivity contribution in [3.8, 4) is 0 Å². The van der Waals surface area contributed by atoms with Gasteiger partial charge in [0.15, 0.2) is 0 Å². The zero-order valence-corrected chi connectivity index (χ0v) is 6.26. The van der Waals surface area contributed by atoms with Gasteiger partial charge in [-0.25, -0.2) is 8.78 Å². The Kier molecular flexibility index (Phi) is 1.42. The number of carboxylic acids is 1. The summed E-state index contributed by atoms with van der Waals surface area (Å²) in [4.78, 5) is 10.4. The van der Waals surface area contributed by atoms with E-state index in [-0.39, 0.29) is 0 Å². The fourth-order valence-corrected chi connectivity index (χ4v) is 1.82. The zero-order valence-electron chi connectivity index (χ0n) is 6.26. The van der Waals surface area contributed by atoms with Crippen LogP contribution in [0.3, 0.4) is 0 Å². The van der Waals surface area contributed by atoms with Crippen LogP contribution in [0.4, 0.5) is 8.78 Å². The maximum atomic E-state index is 12.7. The zero-order chi connectivity index (χ0) is 8.93. The number of fused-ring (bicyclic) bond motifs is 1. The normalized spacial score (nSPS) is 43.3. The summed E-state index contributed by atoms with van der Waals surface area (Å²) < 4.78 is 25.4. The van der Waals surface area contributed by atoms with Gasteiger partial charge in [0.1, 0.15) is 6.04 Å². The molecule has 1 saturated carbocycles. The Labute approximate surface area is 67.8 Å². The molecule has 68 valence electrons. The molecule has 0 radical (unpaired) electrons. The number of piperidine rings is 1. The molecule has 0 aromatic rings. The summed E-state index contributed by atoms with van der Waals surface area (Å²) >= 11 is 0. The molecule has 12 heavy (non-hydrogen) atoms. The van der Waals surface area contributed by atoms with Gasteiger partial charge >= 0.3 is 5.97 Å². The van der Waals surface area contributed by atoms with Crippen LogP contribution in [0.25, 0.3) is 0 Å². The molecule has 1 aliphatic heterocycles. The van der Waals surface area contributed by atoms with Gasteiger partial charge in [-0.15, -0.1) is 0 Å². The number of aliphatic carboxylic acids is 1. The highest BCUT2D eigenvalue weighted by atomic mass is 19.3. The molecule has 2 aliphatic rings. The number of rotatable bonds is 1. The fourth-order valence-electron chi connectivity index (χ4n) is 1.82. The average molecular weight is 177 g/mol. The summed E-state index contributed by atoms with van der Waals surface area (Å²) in [6.07, 6.45) is 0.633. The first-order valence-electron chi connectivity index (χ1n) is 3.90. The van der Waals surface area contributed by atoms with E-state index in [9.17, 15) is 13.6 Å². The van der Waals surface area contributed by atoms with Gasteiger partial charge in [-0.3, -0.25) is 10.1 Å². The number of alkyl halides is 2. The number of halogens is 2. The highest BCUT2D eigenvalue weighted by Crippen LogP contribution is 2.53. The van der Waals surface area contributed by atoms with Crippen molar-refractivity contribution in [3.63, 3.8) is 0 Å². The van der Waals surface area contributed by atoms with Crippen LogP contribution in [0, 0.1) is 5.92 Å². The topological polar surface area (TPSA) is 49.3 Å². The molecule has 1 heterocycles. The van der Waals surface area contributed by atoms with Gasteiger partial charge in [0.25, 0.3) is 5.92 Å². The first-order valence-corrected chi connectivity index (χ1v) is 3.90. The number of nitrogens with one attached hydrogen (secondary N) is 1. The third-order valence-corrected chi connectivity index (χ3v) is 2.65. The van der Waals surface area contributed by atoms with E-state index in [1.54, 1.807) is 0 Å².